The maximum atomic E-state index is 12.4. The number of rotatable bonds is 6. The molecule has 1 N–H and O–H groups in total. The first-order chi connectivity index (χ1) is 13.2. The largest absolute Gasteiger partial charge is 0.453 e. The minimum Gasteiger partial charge on any atom is -0.453 e. The van der Waals surface area contributed by atoms with Gasteiger partial charge in [0.1, 0.15) is 11.2 Å². The minimum absolute atomic E-state index is 0.0657. The molecule has 2 aromatic carbocycles. The zero-order valence-electron chi connectivity index (χ0n) is 15.3. The van der Waals surface area contributed by atoms with Crippen LogP contribution in [0.15, 0.2) is 57.7 Å². The first-order valence-corrected chi connectivity index (χ1v) is 9.33. The first-order valence-electron chi connectivity index (χ1n) is 9.33. The third-order valence-electron chi connectivity index (χ3n) is 4.86. The van der Waals surface area contributed by atoms with Gasteiger partial charge in [-0.3, -0.25) is 4.79 Å². The van der Waals surface area contributed by atoms with E-state index in [4.69, 9.17) is 9.40 Å². The highest BCUT2D eigenvalue weighted by atomic mass is 16.3. The van der Waals surface area contributed by atoms with Crippen molar-refractivity contribution in [2.24, 2.45) is 0 Å². The van der Waals surface area contributed by atoms with Crippen LogP contribution in [0, 0.1) is 0 Å². The molecule has 0 saturated heterocycles. The Kier molecular flexibility index (Phi) is 4.77. The van der Waals surface area contributed by atoms with Gasteiger partial charge in [0.05, 0.1) is 6.61 Å². The van der Waals surface area contributed by atoms with E-state index in [2.05, 4.69) is 11.8 Å². The predicted octanol–water partition coefficient (Wildman–Crippen LogP) is 4.04. The average molecular weight is 362 g/mol. The Morgan fingerprint density at radius 3 is 2.67 bits per heavy atom. The van der Waals surface area contributed by atoms with E-state index in [9.17, 15) is 9.90 Å². The fourth-order valence-corrected chi connectivity index (χ4v) is 3.45. The molecule has 0 fully saturated rings. The minimum atomic E-state index is -0.0657. The van der Waals surface area contributed by atoms with Crippen LogP contribution in [0.4, 0.5) is 5.69 Å². The number of nitrogens with zero attached hydrogens (tertiary/aromatic N) is 2. The van der Waals surface area contributed by atoms with Gasteiger partial charge in [0.15, 0.2) is 16.8 Å². The molecule has 0 unspecified atom stereocenters. The first kappa shape index (κ1) is 17.5. The maximum Gasteiger partial charge on any atom is 0.190 e. The van der Waals surface area contributed by atoms with Gasteiger partial charge in [0.25, 0.3) is 0 Å². The highest BCUT2D eigenvalue weighted by Gasteiger charge is 2.16. The number of benzene rings is 3. The number of hydrogen-bond donors (Lipinski definition) is 1. The molecule has 0 saturated carbocycles. The number of aromatic nitrogens is 1. The summed E-state index contributed by atoms with van der Waals surface area (Å²) in [5, 5.41) is 10.8. The van der Waals surface area contributed by atoms with Crippen molar-refractivity contribution in [1.29, 1.82) is 0 Å². The molecule has 0 bridgehead atoms. The molecule has 1 aliphatic heterocycles. The van der Waals surface area contributed by atoms with Crippen LogP contribution >= 0.6 is 0 Å². The molecule has 1 heterocycles. The zero-order valence-corrected chi connectivity index (χ0v) is 15.3. The SMILES string of the molecule is CCCCN(CCO)c1ccc2nc3c4ccccc4c(=O)cc-3oc2c1. The van der Waals surface area contributed by atoms with Crippen molar-refractivity contribution in [3.05, 3.63) is 58.8 Å². The Balaban J connectivity index is 1.87. The van der Waals surface area contributed by atoms with Crippen molar-refractivity contribution in [3.63, 3.8) is 0 Å². The molecule has 5 heteroatoms. The van der Waals surface area contributed by atoms with Gasteiger partial charge >= 0.3 is 0 Å². The van der Waals surface area contributed by atoms with Gasteiger partial charge in [-0.15, -0.1) is 0 Å². The number of aliphatic hydroxyl groups excluding tert-OH is 1. The summed E-state index contributed by atoms with van der Waals surface area (Å²) in [5.74, 6) is 0.491. The van der Waals surface area contributed by atoms with Gasteiger partial charge in [-0.2, -0.15) is 0 Å². The molecule has 0 spiro atoms. The topological polar surface area (TPSA) is 66.6 Å². The van der Waals surface area contributed by atoms with Crippen LogP contribution in [-0.2, 0) is 0 Å². The zero-order chi connectivity index (χ0) is 18.8. The molecule has 2 aliphatic rings. The van der Waals surface area contributed by atoms with Crippen LogP contribution in [-0.4, -0.2) is 29.8 Å². The van der Waals surface area contributed by atoms with E-state index in [0.29, 0.717) is 29.0 Å². The highest BCUT2D eigenvalue weighted by molar-refractivity contribution is 5.96. The number of unbranched alkanes of at least 4 members (excludes halogenated alkanes) is 1. The van der Waals surface area contributed by atoms with Crippen LogP contribution in [0.1, 0.15) is 19.8 Å². The third kappa shape index (κ3) is 3.26. The molecule has 5 nitrogen and oxygen atoms in total. The normalized spacial score (nSPS) is 11.5. The number of aliphatic hydroxyl groups is 1. The molecule has 138 valence electrons. The lowest BCUT2D eigenvalue weighted by atomic mass is 10.0. The van der Waals surface area contributed by atoms with E-state index in [1.54, 1.807) is 0 Å². The monoisotopic (exact) mass is 362 g/mol. The Hall–Kier alpha value is -2.92. The summed E-state index contributed by atoms with van der Waals surface area (Å²) in [6.07, 6.45) is 2.14. The van der Waals surface area contributed by atoms with Crippen molar-refractivity contribution >= 4 is 27.6 Å². The van der Waals surface area contributed by atoms with E-state index in [1.807, 2.05) is 42.5 Å². The predicted molar refractivity (Wildman–Crippen MR) is 109 cm³/mol. The Morgan fingerprint density at radius 1 is 1.07 bits per heavy atom. The van der Waals surface area contributed by atoms with Crippen molar-refractivity contribution < 1.29 is 9.52 Å². The number of fused-ring (bicyclic) bond motifs is 4. The number of anilines is 1. The van der Waals surface area contributed by atoms with Gasteiger partial charge in [0, 0.05) is 41.7 Å². The molecule has 4 rings (SSSR count). The van der Waals surface area contributed by atoms with Crippen LogP contribution in [0.25, 0.3) is 33.3 Å². The van der Waals surface area contributed by atoms with Crippen molar-refractivity contribution in [1.82, 2.24) is 4.98 Å². The molecule has 0 radical (unpaired) electrons. The van der Waals surface area contributed by atoms with Crippen LogP contribution in [0.2, 0.25) is 0 Å². The fraction of sp³-hybridized carbons (Fsp3) is 0.273. The smallest absolute Gasteiger partial charge is 0.190 e. The fourth-order valence-electron chi connectivity index (χ4n) is 3.45. The molecule has 0 amide bonds. The molecule has 0 atom stereocenters. The highest BCUT2D eigenvalue weighted by Crippen LogP contribution is 2.31. The molecule has 1 aliphatic carbocycles. The second kappa shape index (κ2) is 7.37. The lowest BCUT2D eigenvalue weighted by Gasteiger charge is -2.24. The Morgan fingerprint density at radius 2 is 1.89 bits per heavy atom. The van der Waals surface area contributed by atoms with Gasteiger partial charge in [-0.1, -0.05) is 37.6 Å². The quantitative estimate of drug-likeness (QED) is 0.414. The average Bonchev–Trinajstić information content (AvgIpc) is 2.70. The van der Waals surface area contributed by atoms with Crippen LogP contribution in [0.3, 0.4) is 0 Å². The van der Waals surface area contributed by atoms with Gasteiger partial charge < -0.3 is 14.4 Å². The van der Waals surface area contributed by atoms with Crippen molar-refractivity contribution in [2.45, 2.75) is 19.8 Å². The van der Waals surface area contributed by atoms with Crippen molar-refractivity contribution in [2.75, 3.05) is 24.6 Å². The van der Waals surface area contributed by atoms with Gasteiger partial charge in [-0.25, -0.2) is 4.98 Å². The molecular weight excluding hydrogens is 340 g/mol. The van der Waals surface area contributed by atoms with Crippen LogP contribution < -0.4 is 10.3 Å². The lowest BCUT2D eigenvalue weighted by Crippen LogP contribution is -2.27. The number of hydrogen-bond acceptors (Lipinski definition) is 5. The summed E-state index contributed by atoms with van der Waals surface area (Å²) in [7, 11) is 0. The lowest BCUT2D eigenvalue weighted by molar-refractivity contribution is 0.301. The summed E-state index contributed by atoms with van der Waals surface area (Å²) >= 11 is 0. The molecule has 27 heavy (non-hydrogen) atoms. The maximum absolute atomic E-state index is 12.4. The summed E-state index contributed by atoms with van der Waals surface area (Å²) < 4.78 is 6.06. The van der Waals surface area contributed by atoms with Gasteiger partial charge in [-0.05, 0) is 18.6 Å². The second-order valence-electron chi connectivity index (χ2n) is 6.70. The summed E-state index contributed by atoms with van der Waals surface area (Å²) in [4.78, 5) is 19.3. The molecular formula is C22H22N2O3. The standard InChI is InChI=1S/C22H22N2O3/c1-2-3-10-24(11-12-25)15-8-9-18-20(13-15)27-21-14-19(26)16-6-4-5-7-17(16)22(21)23-18/h4-9,13-14,25H,2-3,10-12H2,1H3. The Labute approximate surface area is 157 Å². The second-order valence-corrected chi connectivity index (χ2v) is 6.70. The summed E-state index contributed by atoms with van der Waals surface area (Å²) in [6.45, 7) is 3.69. The summed E-state index contributed by atoms with van der Waals surface area (Å²) in [5.41, 5.74) is 2.99. The van der Waals surface area contributed by atoms with E-state index < -0.39 is 0 Å². The molecule has 0 aromatic heterocycles. The third-order valence-corrected chi connectivity index (χ3v) is 4.86. The van der Waals surface area contributed by atoms with E-state index in [0.717, 1.165) is 36.0 Å². The van der Waals surface area contributed by atoms with Crippen LogP contribution in [0.5, 0.6) is 0 Å². The van der Waals surface area contributed by atoms with Gasteiger partial charge in [0.2, 0.25) is 0 Å². The van der Waals surface area contributed by atoms with Crippen molar-refractivity contribution in [3.8, 4) is 11.5 Å². The molecule has 2 aromatic rings. The van der Waals surface area contributed by atoms with E-state index >= 15 is 0 Å². The van der Waals surface area contributed by atoms with E-state index in [-0.39, 0.29) is 12.0 Å². The Bertz CT molecular complexity index is 1120. The van der Waals surface area contributed by atoms with E-state index in [1.165, 1.54) is 6.07 Å². The summed E-state index contributed by atoms with van der Waals surface area (Å²) in [6, 6.07) is 14.9.